The van der Waals surface area contributed by atoms with Gasteiger partial charge < -0.3 is 4.90 Å². The molecule has 1 aromatic rings. The zero-order chi connectivity index (χ0) is 12.5. The molecular formula is C15H23Cl2N. The van der Waals surface area contributed by atoms with Crippen molar-refractivity contribution in [1.82, 2.24) is 4.90 Å². The second-order valence-electron chi connectivity index (χ2n) is 5.40. The summed E-state index contributed by atoms with van der Waals surface area (Å²) in [5.74, 6) is 0. The first kappa shape index (κ1) is 15.8. The maximum absolute atomic E-state index is 5.99. The normalized spacial score (nSPS) is 18.9. The number of hydrogen-bond acceptors (Lipinski definition) is 1. The van der Waals surface area contributed by atoms with Crippen molar-refractivity contribution in [2.45, 2.75) is 44.1 Å². The molecule has 0 saturated heterocycles. The summed E-state index contributed by atoms with van der Waals surface area (Å²) in [6, 6.07) is 9.12. The van der Waals surface area contributed by atoms with Crippen LogP contribution < -0.4 is 0 Å². The molecule has 0 spiro atoms. The lowest BCUT2D eigenvalue weighted by Gasteiger charge is -2.50. The Morgan fingerprint density at radius 3 is 2.11 bits per heavy atom. The van der Waals surface area contributed by atoms with Gasteiger partial charge in [-0.25, -0.2) is 0 Å². The Kier molecular flexibility index (Phi) is 5.51. The van der Waals surface area contributed by atoms with E-state index in [1.807, 2.05) is 12.1 Å². The minimum Gasteiger partial charge on any atom is -0.306 e. The third kappa shape index (κ3) is 2.68. The first-order chi connectivity index (χ1) is 8.10. The van der Waals surface area contributed by atoms with Gasteiger partial charge in [-0.05, 0) is 51.1 Å². The highest BCUT2D eigenvalue weighted by Crippen LogP contribution is 2.48. The van der Waals surface area contributed by atoms with Crippen LogP contribution in [0.1, 0.15) is 38.2 Å². The van der Waals surface area contributed by atoms with Crippen molar-refractivity contribution in [2.75, 3.05) is 14.1 Å². The number of likely N-dealkylation sites (N-methyl/N-ethyl adjacent to an activating group) is 1. The van der Waals surface area contributed by atoms with Gasteiger partial charge in [0.1, 0.15) is 0 Å². The minimum atomic E-state index is 0. The predicted octanol–water partition coefficient (Wildman–Crippen LogP) is 4.52. The minimum absolute atomic E-state index is 0. The van der Waals surface area contributed by atoms with Crippen molar-refractivity contribution in [3.63, 3.8) is 0 Å². The molecule has 1 fully saturated rings. The van der Waals surface area contributed by atoms with Crippen molar-refractivity contribution < 1.29 is 0 Å². The summed E-state index contributed by atoms with van der Waals surface area (Å²) < 4.78 is 0. The van der Waals surface area contributed by atoms with Gasteiger partial charge in [0.15, 0.2) is 0 Å². The molecule has 0 bridgehead atoms. The number of rotatable bonds is 4. The Morgan fingerprint density at radius 1 is 1.22 bits per heavy atom. The SMILES string of the molecule is CCC(N(C)C)C1(c2ccc(Cl)cc2)CCC1.Cl. The zero-order valence-electron chi connectivity index (χ0n) is 11.4. The number of halogens is 2. The fourth-order valence-corrected chi connectivity index (χ4v) is 3.53. The first-order valence-corrected chi connectivity index (χ1v) is 6.90. The Hall–Kier alpha value is -0.240. The monoisotopic (exact) mass is 287 g/mol. The average Bonchev–Trinajstić information content (AvgIpc) is 2.24. The van der Waals surface area contributed by atoms with E-state index < -0.39 is 0 Å². The third-order valence-corrected chi connectivity index (χ3v) is 4.56. The Morgan fingerprint density at radius 2 is 1.78 bits per heavy atom. The molecule has 1 atom stereocenters. The van der Waals surface area contributed by atoms with Crippen LogP contribution in [0.15, 0.2) is 24.3 Å². The van der Waals surface area contributed by atoms with Gasteiger partial charge in [-0.2, -0.15) is 0 Å². The molecular weight excluding hydrogens is 265 g/mol. The summed E-state index contributed by atoms with van der Waals surface area (Å²) in [5.41, 5.74) is 1.83. The fourth-order valence-electron chi connectivity index (χ4n) is 3.40. The zero-order valence-corrected chi connectivity index (χ0v) is 13.0. The molecule has 2 rings (SSSR count). The van der Waals surface area contributed by atoms with Crippen molar-refractivity contribution in [2.24, 2.45) is 0 Å². The standard InChI is InChI=1S/C15H22ClN.ClH/c1-4-14(17(2)3)15(10-5-11-15)12-6-8-13(16)9-7-12;/h6-9,14H,4-5,10-11H2,1-3H3;1H. The van der Waals surface area contributed by atoms with Crippen LogP contribution in [0.2, 0.25) is 5.02 Å². The fraction of sp³-hybridized carbons (Fsp3) is 0.600. The molecule has 1 saturated carbocycles. The van der Waals surface area contributed by atoms with E-state index in [-0.39, 0.29) is 12.4 Å². The van der Waals surface area contributed by atoms with Crippen LogP contribution >= 0.6 is 24.0 Å². The molecule has 0 radical (unpaired) electrons. The number of benzene rings is 1. The highest BCUT2D eigenvalue weighted by molar-refractivity contribution is 6.30. The van der Waals surface area contributed by atoms with Gasteiger partial charge in [-0.3, -0.25) is 0 Å². The summed E-state index contributed by atoms with van der Waals surface area (Å²) in [6.45, 7) is 2.29. The summed E-state index contributed by atoms with van der Waals surface area (Å²) in [6.07, 6.45) is 5.18. The van der Waals surface area contributed by atoms with Crippen LogP contribution in [0.5, 0.6) is 0 Å². The summed E-state index contributed by atoms with van der Waals surface area (Å²) in [5, 5.41) is 0.834. The number of hydrogen-bond donors (Lipinski definition) is 0. The van der Waals surface area contributed by atoms with Gasteiger partial charge in [0.2, 0.25) is 0 Å². The van der Waals surface area contributed by atoms with Crippen LogP contribution in [0.25, 0.3) is 0 Å². The average molecular weight is 288 g/mol. The molecule has 3 heteroatoms. The molecule has 1 nitrogen and oxygen atoms in total. The van der Waals surface area contributed by atoms with Gasteiger partial charge in [0, 0.05) is 16.5 Å². The molecule has 0 aromatic heterocycles. The van der Waals surface area contributed by atoms with E-state index in [9.17, 15) is 0 Å². The van der Waals surface area contributed by atoms with Crippen molar-refractivity contribution in [3.05, 3.63) is 34.9 Å². The smallest absolute Gasteiger partial charge is 0.0406 e. The summed E-state index contributed by atoms with van der Waals surface area (Å²) >= 11 is 5.99. The van der Waals surface area contributed by atoms with E-state index >= 15 is 0 Å². The van der Waals surface area contributed by atoms with Gasteiger partial charge >= 0.3 is 0 Å². The number of nitrogens with zero attached hydrogens (tertiary/aromatic N) is 1. The van der Waals surface area contributed by atoms with Crippen LogP contribution in [0.3, 0.4) is 0 Å². The molecule has 0 heterocycles. The van der Waals surface area contributed by atoms with Gasteiger partial charge in [-0.1, -0.05) is 37.1 Å². The van der Waals surface area contributed by atoms with E-state index in [0.717, 1.165) is 5.02 Å². The Bertz CT molecular complexity index is 369. The summed E-state index contributed by atoms with van der Waals surface area (Å²) in [4.78, 5) is 2.38. The largest absolute Gasteiger partial charge is 0.306 e. The van der Waals surface area contributed by atoms with Crippen LogP contribution in [-0.2, 0) is 5.41 Å². The molecule has 0 aliphatic heterocycles. The third-order valence-electron chi connectivity index (χ3n) is 4.31. The predicted molar refractivity (Wildman–Crippen MR) is 82.0 cm³/mol. The van der Waals surface area contributed by atoms with E-state index in [0.29, 0.717) is 11.5 Å². The molecule has 102 valence electrons. The van der Waals surface area contributed by atoms with Gasteiger partial charge in [0.05, 0.1) is 0 Å². The van der Waals surface area contributed by atoms with Crippen LogP contribution in [-0.4, -0.2) is 25.0 Å². The highest BCUT2D eigenvalue weighted by atomic mass is 35.5. The van der Waals surface area contributed by atoms with Crippen molar-refractivity contribution >= 4 is 24.0 Å². The molecule has 1 aliphatic carbocycles. The molecule has 1 unspecified atom stereocenters. The highest BCUT2D eigenvalue weighted by Gasteiger charge is 2.45. The maximum atomic E-state index is 5.99. The molecule has 0 amide bonds. The van der Waals surface area contributed by atoms with Gasteiger partial charge in [-0.15, -0.1) is 12.4 Å². The molecule has 18 heavy (non-hydrogen) atoms. The Balaban J connectivity index is 0.00000162. The lowest BCUT2D eigenvalue weighted by Crippen LogP contribution is -2.51. The lowest BCUT2D eigenvalue weighted by molar-refractivity contribution is 0.0937. The van der Waals surface area contributed by atoms with Crippen molar-refractivity contribution in [1.29, 1.82) is 0 Å². The summed E-state index contributed by atoms with van der Waals surface area (Å²) in [7, 11) is 4.40. The van der Waals surface area contributed by atoms with Crippen molar-refractivity contribution in [3.8, 4) is 0 Å². The molecule has 1 aromatic carbocycles. The van der Waals surface area contributed by atoms with Crippen LogP contribution in [0.4, 0.5) is 0 Å². The first-order valence-electron chi connectivity index (χ1n) is 6.52. The van der Waals surface area contributed by atoms with E-state index in [4.69, 9.17) is 11.6 Å². The maximum Gasteiger partial charge on any atom is 0.0406 e. The van der Waals surface area contributed by atoms with E-state index in [1.54, 1.807) is 0 Å². The topological polar surface area (TPSA) is 3.24 Å². The van der Waals surface area contributed by atoms with Gasteiger partial charge in [0.25, 0.3) is 0 Å². The lowest BCUT2D eigenvalue weighted by atomic mass is 9.59. The van der Waals surface area contributed by atoms with E-state index in [2.05, 4.69) is 38.1 Å². The second-order valence-corrected chi connectivity index (χ2v) is 5.84. The van der Waals surface area contributed by atoms with E-state index in [1.165, 1.54) is 31.2 Å². The molecule has 1 aliphatic rings. The Labute approximate surface area is 122 Å². The second kappa shape index (κ2) is 6.27. The molecule has 0 N–H and O–H groups in total. The quantitative estimate of drug-likeness (QED) is 0.787. The van der Waals surface area contributed by atoms with Crippen LogP contribution in [0, 0.1) is 0 Å².